The Morgan fingerprint density at radius 2 is 1.76 bits per heavy atom. The Balaban J connectivity index is 3.05. The smallest absolute Gasteiger partial charge is 0.302 e. The van der Waals surface area contributed by atoms with Gasteiger partial charge in [0.2, 0.25) is 0 Å². The molecule has 96 valence electrons. The maximum atomic E-state index is 12.7. The second kappa shape index (κ2) is 5.51. The van der Waals surface area contributed by atoms with Crippen LogP contribution in [-0.2, 0) is 24.0 Å². The maximum absolute atomic E-state index is 12.7. The Bertz CT molecular complexity index is 377. The average molecular weight is 247 g/mol. The van der Waals surface area contributed by atoms with Crippen LogP contribution in [0.2, 0.25) is 0 Å². The molecule has 0 spiro atoms. The molecule has 0 unspecified atom stereocenters. The number of benzene rings is 1. The average Bonchev–Trinajstić information content (AvgIpc) is 2.27. The number of rotatable bonds is 4. The minimum absolute atomic E-state index is 0.327. The van der Waals surface area contributed by atoms with Gasteiger partial charge in [0.25, 0.3) is 0 Å². The van der Waals surface area contributed by atoms with Crippen LogP contribution in [0.4, 0.5) is 13.2 Å². The molecular weight excluding hydrogens is 231 g/mol. The van der Waals surface area contributed by atoms with E-state index in [1.807, 2.05) is 6.92 Å². The van der Waals surface area contributed by atoms with Crippen LogP contribution in [0.5, 0.6) is 0 Å². The van der Waals surface area contributed by atoms with E-state index in [0.29, 0.717) is 24.1 Å². The predicted octanol–water partition coefficient (Wildman–Crippen LogP) is 3.26. The lowest BCUT2D eigenvalue weighted by atomic mass is 10.0. The Morgan fingerprint density at radius 3 is 2.24 bits per heavy atom. The van der Waals surface area contributed by atoms with E-state index >= 15 is 0 Å². The summed E-state index contributed by atoms with van der Waals surface area (Å²) in [6, 6.07) is 4.12. The summed E-state index contributed by atoms with van der Waals surface area (Å²) in [5.74, 6) is 0. The standard InChI is InChI=1S/C12H16F3NO/c1-4-9-5-10(8-16(2)17-3)7-11(6-9)12(13,14)15/h5-7H,4,8H2,1-3H3. The number of hydrogen-bond donors (Lipinski definition) is 0. The van der Waals surface area contributed by atoms with Crippen molar-refractivity contribution in [1.82, 2.24) is 5.06 Å². The normalized spacial score (nSPS) is 12.2. The molecule has 1 rings (SSSR count). The summed E-state index contributed by atoms with van der Waals surface area (Å²) in [5.41, 5.74) is 0.678. The first kappa shape index (κ1) is 14.0. The van der Waals surface area contributed by atoms with Crippen molar-refractivity contribution >= 4 is 0 Å². The molecule has 0 fully saturated rings. The van der Waals surface area contributed by atoms with Gasteiger partial charge in [-0.15, -0.1) is 0 Å². The van der Waals surface area contributed by atoms with Crippen molar-refractivity contribution in [3.05, 3.63) is 34.9 Å². The predicted molar refractivity (Wildman–Crippen MR) is 59.3 cm³/mol. The molecule has 0 aromatic heterocycles. The van der Waals surface area contributed by atoms with Crippen molar-refractivity contribution in [2.75, 3.05) is 14.2 Å². The summed E-state index contributed by atoms with van der Waals surface area (Å²) in [5, 5.41) is 1.48. The lowest BCUT2D eigenvalue weighted by Crippen LogP contribution is -2.16. The van der Waals surface area contributed by atoms with Crippen LogP contribution in [-0.4, -0.2) is 19.2 Å². The topological polar surface area (TPSA) is 12.5 Å². The van der Waals surface area contributed by atoms with Crippen molar-refractivity contribution in [2.24, 2.45) is 0 Å². The molecule has 0 bridgehead atoms. The third-order valence-corrected chi connectivity index (χ3v) is 2.51. The zero-order valence-electron chi connectivity index (χ0n) is 10.1. The monoisotopic (exact) mass is 247 g/mol. The first-order valence-electron chi connectivity index (χ1n) is 5.32. The summed E-state index contributed by atoms with van der Waals surface area (Å²) >= 11 is 0. The van der Waals surface area contributed by atoms with Crippen LogP contribution < -0.4 is 0 Å². The molecule has 17 heavy (non-hydrogen) atoms. The van der Waals surface area contributed by atoms with E-state index in [-0.39, 0.29) is 0 Å². The van der Waals surface area contributed by atoms with Gasteiger partial charge in [-0.1, -0.05) is 13.0 Å². The third kappa shape index (κ3) is 4.02. The van der Waals surface area contributed by atoms with E-state index in [2.05, 4.69) is 0 Å². The quantitative estimate of drug-likeness (QED) is 0.757. The van der Waals surface area contributed by atoms with Crippen LogP contribution in [0.25, 0.3) is 0 Å². The van der Waals surface area contributed by atoms with Gasteiger partial charge in [-0.3, -0.25) is 0 Å². The summed E-state index contributed by atoms with van der Waals surface area (Å²) in [4.78, 5) is 4.91. The number of nitrogens with zero attached hydrogens (tertiary/aromatic N) is 1. The second-order valence-electron chi connectivity index (χ2n) is 3.86. The van der Waals surface area contributed by atoms with E-state index in [4.69, 9.17) is 4.84 Å². The van der Waals surface area contributed by atoms with Crippen molar-refractivity contribution in [1.29, 1.82) is 0 Å². The first-order chi connectivity index (χ1) is 7.86. The summed E-state index contributed by atoms with van der Waals surface area (Å²) in [6.45, 7) is 2.16. The first-order valence-corrected chi connectivity index (χ1v) is 5.32. The highest BCUT2D eigenvalue weighted by Gasteiger charge is 2.31. The van der Waals surface area contributed by atoms with Crippen LogP contribution >= 0.6 is 0 Å². The molecule has 0 aliphatic carbocycles. The van der Waals surface area contributed by atoms with E-state index in [9.17, 15) is 13.2 Å². The Kier molecular flexibility index (Phi) is 4.54. The Labute approximate surface area is 98.9 Å². The fourth-order valence-corrected chi connectivity index (χ4v) is 1.54. The van der Waals surface area contributed by atoms with Crippen LogP contribution in [0.3, 0.4) is 0 Å². The zero-order chi connectivity index (χ0) is 13.1. The molecule has 0 saturated carbocycles. The highest BCUT2D eigenvalue weighted by atomic mass is 19.4. The van der Waals surface area contributed by atoms with Crippen molar-refractivity contribution in [2.45, 2.75) is 26.1 Å². The minimum Gasteiger partial charge on any atom is -0.302 e. The highest BCUT2D eigenvalue weighted by Crippen LogP contribution is 2.31. The van der Waals surface area contributed by atoms with Crippen LogP contribution in [0.15, 0.2) is 18.2 Å². The molecule has 0 N–H and O–H groups in total. The molecule has 0 atom stereocenters. The largest absolute Gasteiger partial charge is 0.416 e. The molecule has 2 nitrogen and oxygen atoms in total. The fourth-order valence-electron chi connectivity index (χ4n) is 1.54. The fraction of sp³-hybridized carbons (Fsp3) is 0.500. The highest BCUT2D eigenvalue weighted by molar-refractivity contribution is 5.31. The van der Waals surface area contributed by atoms with Gasteiger partial charge >= 0.3 is 6.18 Å². The molecule has 0 saturated heterocycles. The molecule has 0 aliphatic rings. The summed E-state index contributed by atoms with van der Waals surface area (Å²) in [7, 11) is 3.15. The number of hydroxylamine groups is 2. The number of hydrogen-bond acceptors (Lipinski definition) is 2. The van der Waals surface area contributed by atoms with Crippen LogP contribution in [0.1, 0.15) is 23.6 Å². The molecule has 0 amide bonds. The van der Waals surface area contributed by atoms with Gasteiger partial charge < -0.3 is 4.84 Å². The molecule has 1 aromatic rings. The number of aryl methyl sites for hydroxylation is 1. The van der Waals surface area contributed by atoms with Gasteiger partial charge in [-0.25, -0.2) is 0 Å². The number of halogens is 3. The number of alkyl halides is 3. The Hall–Kier alpha value is -1.07. The SMILES string of the molecule is CCc1cc(CN(C)OC)cc(C(F)(F)F)c1. The van der Waals surface area contributed by atoms with Crippen molar-refractivity contribution in [3.63, 3.8) is 0 Å². The third-order valence-electron chi connectivity index (χ3n) is 2.51. The van der Waals surface area contributed by atoms with Gasteiger partial charge in [-0.05, 0) is 29.7 Å². The molecule has 0 heterocycles. The van der Waals surface area contributed by atoms with Gasteiger partial charge in [0.1, 0.15) is 0 Å². The van der Waals surface area contributed by atoms with E-state index in [1.54, 1.807) is 13.1 Å². The van der Waals surface area contributed by atoms with Crippen LogP contribution in [0, 0.1) is 0 Å². The van der Waals surface area contributed by atoms with Gasteiger partial charge in [0.05, 0.1) is 12.7 Å². The lowest BCUT2D eigenvalue weighted by Gasteiger charge is -2.16. The molecule has 0 radical (unpaired) electrons. The van der Waals surface area contributed by atoms with Crippen molar-refractivity contribution < 1.29 is 18.0 Å². The van der Waals surface area contributed by atoms with E-state index in [0.717, 1.165) is 6.07 Å². The molecular formula is C12H16F3NO. The lowest BCUT2D eigenvalue weighted by molar-refractivity contribution is -0.138. The van der Waals surface area contributed by atoms with Gasteiger partial charge in [-0.2, -0.15) is 18.2 Å². The van der Waals surface area contributed by atoms with E-state index in [1.165, 1.54) is 18.2 Å². The molecule has 5 heteroatoms. The maximum Gasteiger partial charge on any atom is 0.416 e. The van der Waals surface area contributed by atoms with E-state index < -0.39 is 11.7 Å². The van der Waals surface area contributed by atoms with Crippen molar-refractivity contribution in [3.8, 4) is 0 Å². The minimum atomic E-state index is -4.30. The molecule has 0 aliphatic heterocycles. The van der Waals surface area contributed by atoms with Gasteiger partial charge in [0, 0.05) is 13.6 Å². The zero-order valence-corrected chi connectivity index (χ0v) is 10.1. The molecule has 1 aromatic carbocycles. The van der Waals surface area contributed by atoms with Gasteiger partial charge in [0.15, 0.2) is 0 Å². The Morgan fingerprint density at radius 1 is 1.18 bits per heavy atom. The second-order valence-corrected chi connectivity index (χ2v) is 3.86. The summed E-state index contributed by atoms with van der Waals surface area (Å²) in [6.07, 6.45) is -3.72. The summed E-state index contributed by atoms with van der Waals surface area (Å²) < 4.78 is 38.0.